The highest BCUT2D eigenvalue weighted by molar-refractivity contribution is 6.33. The van der Waals surface area contributed by atoms with Gasteiger partial charge >= 0.3 is 0 Å². The van der Waals surface area contributed by atoms with E-state index in [4.69, 9.17) is 21.8 Å². The number of para-hydroxylation sites is 1. The molecular weight excluding hydrogens is 252 g/mol. The molecule has 0 fully saturated rings. The maximum absolute atomic E-state index is 11.9. The lowest BCUT2D eigenvalue weighted by molar-refractivity contribution is 0.0995. The van der Waals surface area contributed by atoms with E-state index in [9.17, 15) is 4.79 Å². The number of halogens is 1. The van der Waals surface area contributed by atoms with Crippen LogP contribution in [0.4, 0.5) is 5.69 Å². The van der Waals surface area contributed by atoms with Gasteiger partial charge in [-0.2, -0.15) is 0 Å². The van der Waals surface area contributed by atoms with Crippen molar-refractivity contribution < 1.29 is 9.21 Å². The largest absolute Gasteiger partial charge is 0.456 e. The summed E-state index contributed by atoms with van der Waals surface area (Å²) in [5.74, 6) is 0.617. The lowest BCUT2D eigenvalue weighted by Gasteiger charge is -2.04. The highest BCUT2D eigenvalue weighted by atomic mass is 35.5. The third-order valence-electron chi connectivity index (χ3n) is 2.40. The van der Waals surface area contributed by atoms with Crippen LogP contribution in [0.15, 0.2) is 40.8 Å². The van der Waals surface area contributed by atoms with Gasteiger partial charge < -0.3 is 15.5 Å². The Hall–Kier alpha value is -1.78. The van der Waals surface area contributed by atoms with Gasteiger partial charge in [-0.3, -0.25) is 4.79 Å². The Bertz CT molecular complexity index is 551. The molecule has 0 spiro atoms. The molecule has 1 aromatic heterocycles. The smallest absolute Gasteiger partial charge is 0.291 e. The standard InChI is InChI=1S/C13H13ClN2O2/c14-10-3-1-2-4-11(10)16-13(17)12-6-5-9(18-12)7-8-15/h1-6H,7-8,15H2,(H,16,17). The first kappa shape index (κ1) is 12.7. The molecule has 0 aliphatic heterocycles. The average molecular weight is 265 g/mol. The Morgan fingerprint density at radius 3 is 2.78 bits per heavy atom. The average Bonchev–Trinajstić information content (AvgIpc) is 2.81. The second kappa shape index (κ2) is 5.71. The zero-order valence-electron chi connectivity index (χ0n) is 9.65. The molecule has 4 nitrogen and oxygen atoms in total. The predicted octanol–water partition coefficient (Wildman–Crippen LogP) is 2.69. The van der Waals surface area contributed by atoms with Gasteiger partial charge in [-0.15, -0.1) is 0 Å². The minimum atomic E-state index is -0.327. The van der Waals surface area contributed by atoms with Gasteiger partial charge in [0.15, 0.2) is 5.76 Å². The molecule has 2 aromatic rings. The number of nitrogens with one attached hydrogen (secondary N) is 1. The number of furan rings is 1. The van der Waals surface area contributed by atoms with E-state index in [1.807, 2.05) is 0 Å². The van der Waals surface area contributed by atoms with Gasteiger partial charge in [0.05, 0.1) is 10.7 Å². The highest BCUT2D eigenvalue weighted by Crippen LogP contribution is 2.21. The zero-order chi connectivity index (χ0) is 13.0. The molecule has 0 aliphatic carbocycles. The molecule has 1 amide bonds. The number of rotatable bonds is 4. The van der Waals surface area contributed by atoms with Crippen LogP contribution in [0.2, 0.25) is 5.02 Å². The summed E-state index contributed by atoms with van der Waals surface area (Å²) in [4.78, 5) is 11.9. The molecule has 0 unspecified atom stereocenters. The van der Waals surface area contributed by atoms with E-state index in [2.05, 4.69) is 5.32 Å². The summed E-state index contributed by atoms with van der Waals surface area (Å²) >= 11 is 5.95. The Morgan fingerprint density at radius 2 is 2.06 bits per heavy atom. The molecule has 2 rings (SSSR count). The van der Waals surface area contributed by atoms with Crippen molar-refractivity contribution in [1.29, 1.82) is 0 Å². The summed E-state index contributed by atoms with van der Waals surface area (Å²) in [6.45, 7) is 0.485. The summed E-state index contributed by atoms with van der Waals surface area (Å²) in [6.07, 6.45) is 0.610. The fourth-order valence-electron chi connectivity index (χ4n) is 1.52. The molecule has 1 heterocycles. The Balaban J connectivity index is 2.10. The van der Waals surface area contributed by atoms with Gasteiger partial charge in [-0.1, -0.05) is 23.7 Å². The van der Waals surface area contributed by atoms with Crippen molar-refractivity contribution in [2.75, 3.05) is 11.9 Å². The summed E-state index contributed by atoms with van der Waals surface area (Å²) in [5, 5.41) is 3.17. The number of hydrogen-bond donors (Lipinski definition) is 2. The molecule has 94 valence electrons. The number of amides is 1. The van der Waals surface area contributed by atoms with Gasteiger partial charge in [0.2, 0.25) is 0 Å². The molecule has 18 heavy (non-hydrogen) atoms. The summed E-state index contributed by atoms with van der Waals surface area (Å²) in [6, 6.07) is 10.4. The van der Waals surface area contributed by atoms with Gasteiger partial charge in [0.25, 0.3) is 5.91 Å². The minimum Gasteiger partial charge on any atom is -0.456 e. The van der Waals surface area contributed by atoms with E-state index in [1.165, 1.54) is 0 Å². The predicted molar refractivity (Wildman–Crippen MR) is 70.9 cm³/mol. The van der Waals surface area contributed by atoms with Crippen molar-refractivity contribution in [3.63, 3.8) is 0 Å². The van der Waals surface area contributed by atoms with Crippen molar-refractivity contribution >= 4 is 23.2 Å². The first-order valence-corrected chi connectivity index (χ1v) is 5.93. The maximum atomic E-state index is 11.9. The van der Waals surface area contributed by atoms with Gasteiger partial charge in [0, 0.05) is 6.42 Å². The van der Waals surface area contributed by atoms with E-state index in [0.717, 1.165) is 0 Å². The SMILES string of the molecule is NCCc1ccc(C(=O)Nc2ccccc2Cl)o1. The summed E-state index contributed by atoms with van der Waals surface area (Å²) < 4.78 is 5.36. The third kappa shape index (κ3) is 2.91. The molecule has 0 radical (unpaired) electrons. The minimum absolute atomic E-state index is 0.248. The Morgan fingerprint density at radius 1 is 1.28 bits per heavy atom. The van der Waals surface area contributed by atoms with Crippen molar-refractivity contribution in [2.45, 2.75) is 6.42 Å². The zero-order valence-corrected chi connectivity index (χ0v) is 10.4. The molecule has 0 atom stereocenters. The second-order valence-corrected chi connectivity index (χ2v) is 4.15. The topological polar surface area (TPSA) is 68.3 Å². The monoisotopic (exact) mass is 264 g/mol. The highest BCUT2D eigenvalue weighted by Gasteiger charge is 2.12. The van der Waals surface area contributed by atoms with Crippen LogP contribution < -0.4 is 11.1 Å². The normalized spacial score (nSPS) is 10.3. The quantitative estimate of drug-likeness (QED) is 0.892. The number of carbonyl (C=O) groups excluding carboxylic acids is 1. The second-order valence-electron chi connectivity index (χ2n) is 3.74. The fourth-order valence-corrected chi connectivity index (χ4v) is 1.71. The summed E-state index contributed by atoms with van der Waals surface area (Å²) in [7, 11) is 0. The first-order valence-electron chi connectivity index (χ1n) is 5.55. The number of carbonyl (C=O) groups is 1. The van der Waals surface area contributed by atoms with Crippen molar-refractivity contribution in [1.82, 2.24) is 0 Å². The molecular formula is C13H13ClN2O2. The molecule has 0 saturated carbocycles. The molecule has 0 bridgehead atoms. The number of anilines is 1. The van der Waals surface area contributed by atoms with Crippen molar-refractivity contribution in [3.05, 3.63) is 52.9 Å². The number of nitrogens with two attached hydrogens (primary N) is 1. The molecule has 3 N–H and O–H groups in total. The van der Waals surface area contributed by atoms with E-state index in [0.29, 0.717) is 29.4 Å². The lowest BCUT2D eigenvalue weighted by Crippen LogP contribution is -2.11. The van der Waals surface area contributed by atoms with Crippen LogP contribution in [0, 0.1) is 0 Å². The van der Waals surface area contributed by atoms with Crippen LogP contribution >= 0.6 is 11.6 Å². The molecule has 1 aromatic carbocycles. The van der Waals surface area contributed by atoms with E-state index in [-0.39, 0.29) is 11.7 Å². The van der Waals surface area contributed by atoms with Gasteiger partial charge in [0.1, 0.15) is 5.76 Å². The summed E-state index contributed by atoms with van der Waals surface area (Å²) in [5.41, 5.74) is 5.97. The van der Waals surface area contributed by atoms with E-state index >= 15 is 0 Å². The number of hydrogen-bond acceptors (Lipinski definition) is 3. The van der Waals surface area contributed by atoms with Crippen molar-refractivity contribution in [3.8, 4) is 0 Å². The van der Waals surface area contributed by atoms with Crippen LogP contribution in [0.3, 0.4) is 0 Å². The van der Waals surface area contributed by atoms with Crippen LogP contribution in [-0.4, -0.2) is 12.5 Å². The van der Waals surface area contributed by atoms with Crippen LogP contribution in [0.1, 0.15) is 16.3 Å². The molecule has 0 aliphatic rings. The van der Waals surface area contributed by atoms with E-state index < -0.39 is 0 Å². The Labute approximate surface area is 110 Å². The number of benzene rings is 1. The van der Waals surface area contributed by atoms with Gasteiger partial charge in [-0.05, 0) is 30.8 Å². The van der Waals surface area contributed by atoms with Crippen LogP contribution in [0.5, 0.6) is 0 Å². The van der Waals surface area contributed by atoms with Crippen LogP contribution in [-0.2, 0) is 6.42 Å². The van der Waals surface area contributed by atoms with Crippen molar-refractivity contribution in [2.24, 2.45) is 5.73 Å². The van der Waals surface area contributed by atoms with E-state index in [1.54, 1.807) is 36.4 Å². The Kier molecular flexibility index (Phi) is 4.02. The first-order chi connectivity index (χ1) is 8.70. The van der Waals surface area contributed by atoms with Crippen LogP contribution in [0.25, 0.3) is 0 Å². The maximum Gasteiger partial charge on any atom is 0.291 e. The third-order valence-corrected chi connectivity index (χ3v) is 2.73. The fraction of sp³-hybridized carbons (Fsp3) is 0.154. The lowest BCUT2D eigenvalue weighted by atomic mass is 10.3. The van der Waals surface area contributed by atoms with Gasteiger partial charge in [-0.25, -0.2) is 0 Å². The molecule has 0 saturated heterocycles. The molecule has 5 heteroatoms.